The van der Waals surface area contributed by atoms with E-state index in [4.69, 9.17) is 9.47 Å². The number of methoxy groups -OCH3 is 2. The number of Topliss-reactive ketones (excluding diaryl/α,β-unsaturated/α-hetero) is 1. The second-order valence-corrected chi connectivity index (χ2v) is 7.27. The van der Waals surface area contributed by atoms with E-state index in [1.807, 2.05) is 36.4 Å². The minimum Gasteiger partial charge on any atom is -0.507 e. The van der Waals surface area contributed by atoms with Gasteiger partial charge in [-0.05, 0) is 29.3 Å². The summed E-state index contributed by atoms with van der Waals surface area (Å²) in [5, 5.41) is 11.2. The normalized spacial score (nSPS) is 17.4. The summed E-state index contributed by atoms with van der Waals surface area (Å²) in [5.74, 6) is -0.873. The van der Waals surface area contributed by atoms with Gasteiger partial charge in [0.2, 0.25) is 0 Å². The molecule has 7 nitrogen and oxygen atoms in total. The van der Waals surface area contributed by atoms with Crippen molar-refractivity contribution in [3.8, 4) is 11.5 Å². The number of aliphatic hydroxyl groups is 1. The van der Waals surface area contributed by atoms with Crippen LogP contribution in [0.25, 0.3) is 5.76 Å². The SMILES string of the molecule is COc1ccc(C(O)=C2C(=O)C(=O)N(Cc3cccnc3)C2c2ccccc2)c(OC)c1. The first kappa shape index (κ1) is 21.1. The van der Waals surface area contributed by atoms with Crippen LogP contribution in [0.5, 0.6) is 11.5 Å². The number of carbonyl (C=O) groups is 2. The maximum Gasteiger partial charge on any atom is 0.295 e. The maximum atomic E-state index is 13.1. The second kappa shape index (κ2) is 8.93. The van der Waals surface area contributed by atoms with E-state index in [1.165, 1.54) is 19.1 Å². The van der Waals surface area contributed by atoms with Crippen molar-refractivity contribution >= 4 is 17.4 Å². The van der Waals surface area contributed by atoms with Gasteiger partial charge in [0.05, 0.1) is 31.4 Å². The van der Waals surface area contributed by atoms with Gasteiger partial charge >= 0.3 is 0 Å². The van der Waals surface area contributed by atoms with Gasteiger partial charge in [0.1, 0.15) is 17.3 Å². The summed E-state index contributed by atoms with van der Waals surface area (Å²) in [6.45, 7) is 0.175. The number of nitrogens with zero attached hydrogens (tertiary/aromatic N) is 2. The summed E-state index contributed by atoms with van der Waals surface area (Å²) in [4.78, 5) is 31.7. The van der Waals surface area contributed by atoms with Crippen molar-refractivity contribution in [3.05, 3.63) is 95.3 Å². The number of rotatable bonds is 6. The van der Waals surface area contributed by atoms with Crippen molar-refractivity contribution in [2.45, 2.75) is 12.6 Å². The van der Waals surface area contributed by atoms with Crippen molar-refractivity contribution in [2.75, 3.05) is 14.2 Å². The zero-order chi connectivity index (χ0) is 22.7. The number of benzene rings is 2. The van der Waals surface area contributed by atoms with Crippen LogP contribution in [0.4, 0.5) is 0 Å². The fourth-order valence-corrected chi connectivity index (χ4v) is 3.85. The smallest absolute Gasteiger partial charge is 0.295 e. The Kier molecular flexibility index (Phi) is 5.89. The van der Waals surface area contributed by atoms with Crippen LogP contribution in [0.15, 0.2) is 78.6 Å². The Hall–Kier alpha value is -4.13. The molecule has 1 amide bonds. The van der Waals surface area contributed by atoms with Gasteiger partial charge in [-0.2, -0.15) is 0 Å². The van der Waals surface area contributed by atoms with Crippen LogP contribution in [-0.4, -0.2) is 40.9 Å². The van der Waals surface area contributed by atoms with Crippen LogP contribution < -0.4 is 9.47 Å². The Bertz CT molecular complexity index is 1180. The Morgan fingerprint density at radius 2 is 1.81 bits per heavy atom. The van der Waals surface area contributed by atoms with Crippen molar-refractivity contribution in [1.29, 1.82) is 0 Å². The molecule has 2 aromatic carbocycles. The Morgan fingerprint density at radius 1 is 1.03 bits per heavy atom. The topological polar surface area (TPSA) is 89.0 Å². The predicted molar refractivity (Wildman–Crippen MR) is 118 cm³/mol. The molecule has 4 rings (SSSR count). The first-order chi connectivity index (χ1) is 15.5. The zero-order valence-corrected chi connectivity index (χ0v) is 17.7. The number of aromatic nitrogens is 1. The molecule has 1 saturated heterocycles. The number of pyridine rings is 1. The number of hydrogen-bond acceptors (Lipinski definition) is 6. The molecule has 1 fully saturated rings. The summed E-state index contributed by atoms with van der Waals surface area (Å²) in [5.41, 5.74) is 1.80. The summed E-state index contributed by atoms with van der Waals surface area (Å²) in [6, 6.07) is 16.9. The molecule has 0 radical (unpaired) electrons. The minimum absolute atomic E-state index is 0.00792. The van der Waals surface area contributed by atoms with Crippen LogP contribution in [0, 0.1) is 0 Å². The van der Waals surface area contributed by atoms with Crippen LogP contribution in [0.1, 0.15) is 22.7 Å². The molecular weight excluding hydrogens is 408 g/mol. The molecule has 7 heteroatoms. The van der Waals surface area contributed by atoms with E-state index in [1.54, 1.807) is 36.7 Å². The molecule has 3 aromatic rings. The second-order valence-electron chi connectivity index (χ2n) is 7.27. The molecular formula is C25H22N2O5. The third-order valence-corrected chi connectivity index (χ3v) is 5.39. The van der Waals surface area contributed by atoms with Crippen molar-refractivity contribution in [3.63, 3.8) is 0 Å². The minimum atomic E-state index is -0.761. The molecule has 1 atom stereocenters. The molecule has 1 aliphatic rings. The van der Waals surface area contributed by atoms with Crippen LogP contribution in [-0.2, 0) is 16.1 Å². The van der Waals surface area contributed by atoms with Gasteiger partial charge in [0.25, 0.3) is 11.7 Å². The van der Waals surface area contributed by atoms with Gasteiger partial charge in [0, 0.05) is 25.0 Å². The highest BCUT2D eigenvalue weighted by atomic mass is 16.5. The molecule has 1 aromatic heterocycles. The molecule has 0 aliphatic carbocycles. The molecule has 1 aliphatic heterocycles. The van der Waals surface area contributed by atoms with Gasteiger partial charge in [-0.25, -0.2) is 0 Å². The van der Waals surface area contributed by atoms with E-state index < -0.39 is 17.7 Å². The first-order valence-corrected chi connectivity index (χ1v) is 9.99. The summed E-state index contributed by atoms with van der Waals surface area (Å²) < 4.78 is 10.6. The lowest BCUT2D eigenvalue weighted by molar-refractivity contribution is -0.140. The maximum absolute atomic E-state index is 13.1. The predicted octanol–water partition coefficient (Wildman–Crippen LogP) is 3.72. The summed E-state index contributed by atoms with van der Waals surface area (Å²) in [6.07, 6.45) is 3.29. The van der Waals surface area contributed by atoms with Gasteiger partial charge in [0.15, 0.2) is 0 Å². The van der Waals surface area contributed by atoms with Gasteiger partial charge in [-0.3, -0.25) is 14.6 Å². The van der Waals surface area contributed by atoms with E-state index in [2.05, 4.69) is 4.98 Å². The van der Waals surface area contributed by atoms with Gasteiger partial charge in [-0.1, -0.05) is 36.4 Å². The number of carbonyl (C=O) groups excluding carboxylic acids is 2. The fraction of sp³-hybridized carbons (Fsp3) is 0.160. The lowest BCUT2D eigenvalue weighted by atomic mass is 9.95. The number of amides is 1. The molecule has 162 valence electrons. The molecule has 32 heavy (non-hydrogen) atoms. The Balaban J connectivity index is 1.88. The standard InChI is InChI=1S/C25H22N2O5/c1-31-18-10-11-19(20(13-18)32-2)23(28)21-22(17-8-4-3-5-9-17)27(25(30)24(21)29)15-16-7-6-12-26-14-16/h3-14,22,28H,15H2,1-2H3. The largest absolute Gasteiger partial charge is 0.507 e. The highest BCUT2D eigenvalue weighted by molar-refractivity contribution is 6.46. The zero-order valence-electron chi connectivity index (χ0n) is 17.7. The quantitative estimate of drug-likeness (QED) is 0.364. The first-order valence-electron chi connectivity index (χ1n) is 9.99. The monoisotopic (exact) mass is 430 g/mol. The Labute approximate surface area is 185 Å². The average Bonchev–Trinajstić information content (AvgIpc) is 3.09. The number of ketones is 1. The third kappa shape index (κ3) is 3.80. The average molecular weight is 430 g/mol. The van der Waals surface area contributed by atoms with E-state index >= 15 is 0 Å². The number of ether oxygens (including phenoxy) is 2. The molecule has 2 heterocycles. The van der Waals surface area contributed by atoms with Crippen LogP contribution in [0.3, 0.4) is 0 Å². The fourth-order valence-electron chi connectivity index (χ4n) is 3.85. The van der Waals surface area contributed by atoms with E-state index in [0.29, 0.717) is 22.6 Å². The third-order valence-electron chi connectivity index (χ3n) is 5.39. The highest BCUT2D eigenvalue weighted by Gasteiger charge is 2.46. The molecule has 1 N–H and O–H groups in total. The van der Waals surface area contributed by atoms with Crippen molar-refractivity contribution in [2.24, 2.45) is 0 Å². The molecule has 1 unspecified atom stereocenters. The van der Waals surface area contributed by atoms with Crippen molar-refractivity contribution < 1.29 is 24.2 Å². The number of aliphatic hydroxyl groups excluding tert-OH is 1. The number of hydrogen-bond donors (Lipinski definition) is 1. The van der Waals surface area contributed by atoms with E-state index in [0.717, 1.165) is 5.56 Å². The van der Waals surface area contributed by atoms with Crippen LogP contribution in [0.2, 0.25) is 0 Å². The highest BCUT2D eigenvalue weighted by Crippen LogP contribution is 2.42. The van der Waals surface area contributed by atoms with E-state index in [-0.39, 0.29) is 17.9 Å². The summed E-state index contributed by atoms with van der Waals surface area (Å²) >= 11 is 0. The van der Waals surface area contributed by atoms with Crippen molar-refractivity contribution in [1.82, 2.24) is 9.88 Å². The molecule has 0 spiro atoms. The number of likely N-dealkylation sites (tertiary alicyclic amines) is 1. The van der Waals surface area contributed by atoms with Crippen LogP contribution >= 0.6 is 0 Å². The van der Waals surface area contributed by atoms with Gasteiger partial charge < -0.3 is 19.5 Å². The lowest BCUT2D eigenvalue weighted by Gasteiger charge is -2.25. The Morgan fingerprint density at radius 3 is 2.47 bits per heavy atom. The molecule has 0 bridgehead atoms. The lowest BCUT2D eigenvalue weighted by Crippen LogP contribution is -2.29. The van der Waals surface area contributed by atoms with Gasteiger partial charge in [-0.15, -0.1) is 0 Å². The molecule has 0 saturated carbocycles. The summed E-state index contributed by atoms with van der Waals surface area (Å²) in [7, 11) is 2.98. The van der Waals surface area contributed by atoms with E-state index in [9.17, 15) is 14.7 Å².